The van der Waals surface area contributed by atoms with Crippen LogP contribution in [0.4, 0.5) is 5.69 Å². The molecule has 166 valence electrons. The van der Waals surface area contributed by atoms with Gasteiger partial charge >= 0.3 is 5.69 Å². The fourth-order valence-electron chi connectivity index (χ4n) is 4.37. The summed E-state index contributed by atoms with van der Waals surface area (Å²) in [6.45, 7) is 6.47. The molecule has 0 atom stereocenters. The number of hydrogen-bond donors (Lipinski definition) is 1. The summed E-state index contributed by atoms with van der Waals surface area (Å²) < 4.78 is 1.75. The number of carbonyl (C=O) groups is 1. The van der Waals surface area contributed by atoms with Gasteiger partial charge in [-0.1, -0.05) is 35.5 Å². The molecule has 0 aliphatic heterocycles. The van der Waals surface area contributed by atoms with Crippen LogP contribution in [0.3, 0.4) is 0 Å². The quantitative estimate of drug-likeness (QED) is 0.451. The Labute approximate surface area is 192 Å². The zero-order valence-corrected chi connectivity index (χ0v) is 19.6. The van der Waals surface area contributed by atoms with Crippen LogP contribution in [-0.2, 0) is 24.2 Å². The Morgan fingerprint density at radius 2 is 1.88 bits per heavy atom. The Kier molecular flexibility index (Phi) is 6.74. The third-order valence-electron chi connectivity index (χ3n) is 5.78. The molecule has 3 aromatic rings. The summed E-state index contributed by atoms with van der Waals surface area (Å²) in [5.41, 5.74) is 6.85. The van der Waals surface area contributed by atoms with Crippen LogP contribution in [-0.4, -0.2) is 26.2 Å². The number of anilines is 1. The molecule has 1 N–H and O–H groups in total. The molecule has 4 rings (SSSR count). The highest BCUT2D eigenvalue weighted by atomic mass is 32.2. The first kappa shape index (κ1) is 22.3. The summed E-state index contributed by atoms with van der Waals surface area (Å²) in [6, 6.07) is 9.84. The Balaban J connectivity index is 1.54. The third kappa shape index (κ3) is 4.93. The summed E-state index contributed by atoms with van der Waals surface area (Å²) in [4.78, 5) is 34.3. The van der Waals surface area contributed by atoms with Crippen molar-refractivity contribution in [1.82, 2.24) is 14.5 Å². The van der Waals surface area contributed by atoms with E-state index in [2.05, 4.69) is 27.4 Å². The normalized spacial score (nSPS) is 13.0. The number of hydrogen-bond acceptors (Lipinski definition) is 5. The molecule has 7 heteroatoms. The molecular formula is C25H28N4O2S. The molecule has 0 bridgehead atoms. The molecule has 0 spiro atoms. The van der Waals surface area contributed by atoms with Crippen LogP contribution in [0.15, 0.2) is 46.3 Å². The van der Waals surface area contributed by atoms with E-state index in [-0.39, 0.29) is 17.3 Å². The Bertz CT molecular complexity index is 1180. The van der Waals surface area contributed by atoms with Crippen LogP contribution in [0, 0.1) is 20.8 Å². The van der Waals surface area contributed by atoms with Crippen LogP contribution < -0.4 is 11.0 Å². The molecule has 1 aliphatic carbocycles. The van der Waals surface area contributed by atoms with Crippen molar-refractivity contribution in [2.24, 2.45) is 0 Å². The van der Waals surface area contributed by atoms with E-state index in [1.165, 1.54) is 17.3 Å². The number of aryl methyl sites for hydroxylation is 3. The van der Waals surface area contributed by atoms with Crippen LogP contribution in [0.25, 0.3) is 0 Å². The van der Waals surface area contributed by atoms with Crippen LogP contribution >= 0.6 is 11.8 Å². The standard InChI is InChI=1S/C25H28N4O2S/c1-16-12-17(2)23(18(3)13-16)27-22(30)15-32-24-20-9-4-5-10-21(20)29(25(31)28-24)14-19-8-6-7-11-26-19/h6-8,11-13H,4-5,9-10,14-15H2,1-3H3,(H,27,30). The fourth-order valence-corrected chi connectivity index (χ4v) is 5.25. The van der Waals surface area contributed by atoms with Gasteiger partial charge in [-0.25, -0.2) is 4.79 Å². The first-order valence-electron chi connectivity index (χ1n) is 11.0. The van der Waals surface area contributed by atoms with Gasteiger partial charge in [-0.3, -0.25) is 14.3 Å². The van der Waals surface area contributed by atoms with E-state index >= 15 is 0 Å². The van der Waals surface area contributed by atoms with Gasteiger partial charge in [0.15, 0.2) is 0 Å². The van der Waals surface area contributed by atoms with E-state index in [0.29, 0.717) is 11.6 Å². The monoisotopic (exact) mass is 448 g/mol. The molecule has 1 aliphatic rings. The average molecular weight is 449 g/mol. The number of rotatable bonds is 6. The van der Waals surface area contributed by atoms with Gasteiger partial charge < -0.3 is 5.32 Å². The average Bonchev–Trinajstić information content (AvgIpc) is 2.77. The molecule has 2 heterocycles. The molecule has 0 saturated carbocycles. The van der Waals surface area contributed by atoms with E-state index in [4.69, 9.17) is 0 Å². The minimum absolute atomic E-state index is 0.0888. The highest BCUT2D eigenvalue weighted by molar-refractivity contribution is 8.00. The maximum Gasteiger partial charge on any atom is 0.349 e. The van der Waals surface area contributed by atoms with Gasteiger partial charge in [0.05, 0.1) is 18.0 Å². The first-order chi connectivity index (χ1) is 15.4. The lowest BCUT2D eigenvalue weighted by Crippen LogP contribution is -2.31. The fraction of sp³-hybridized carbons (Fsp3) is 0.360. The predicted octanol–water partition coefficient (Wildman–Crippen LogP) is 4.22. The van der Waals surface area contributed by atoms with Gasteiger partial charge in [0, 0.05) is 23.1 Å². The number of amides is 1. The van der Waals surface area contributed by atoms with Gasteiger partial charge in [0.25, 0.3) is 0 Å². The van der Waals surface area contributed by atoms with E-state index in [1.807, 2.05) is 39.0 Å². The SMILES string of the molecule is Cc1cc(C)c(NC(=O)CSc2nc(=O)n(Cc3ccccn3)c3c2CCCC3)c(C)c1. The topological polar surface area (TPSA) is 76.9 Å². The number of carbonyl (C=O) groups excluding carboxylic acids is 1. The summed E-state index contributed by atoms with van der Waals surface area (Å²) >= 11 is 1.35. The van der Waals surface area contributed by atoms with Crippen molar-refractivity contribution in [2.75, 3.05) is 11.1 Å². The Hall–Kier alpha value is -2.93. The molecule has 0 saturated heterocycles. The van der Waals surface area contributed by atoms with Crippen LogP contribution in [0.1, 0.15) is 46.5 Å². The Morgan fingerprint density at radius 1 is 1.12 bits per heavy atom. The van der Waals surface area contributed by atoms with Crippen molar-refractivity contribution < 1.29 is 4.79 Å². The second-order valence-electron chi connectivity index (χ2n) is 8.35. The summed E-state index contributed by atoms with van der Waals surface area (Å²) in [7, 11) is 0. The lowest BCUT2D eigenvalue weighted by atomic mass is 9.97. The maximum atomic E-state index is 12.9. The molecule has 2 aromatic heterocycles. The first-order valence-corrected chi connectivity index (χ1v) is 11.9. The van der Waals surface area contributed by atoms with Crippen LogP contribution in [0.2, 0.25) is 0 Å². The van der Waals surface area contributed by atoms with Crippen molar-refractivity contribution >= 4 is 23.4 Å². The smallest absolute Gasteiger partial charge is 0.325 e. The Morgan fingerprint density at radius 3 is 2.59 bits per heavy atom. The minimum atomic E-state index is -0.274. The van der Waals surface area contributed by atoms with Gasteiger partial charge in [0.2, 0.25) is 5.91 Å². The van der Waals surface area contributed by atoms with E-state index in [1.54, 1.807) is 10.8 Å². The van der Waals surface area contributed by atoms with Gasteiger partial charge in [-0.2, -0.15) is 4.98 Å². The zero-order valence-electron chi connectivity index (χ0n) is 18.8. The minimum Gasteiger partial charge on any atom is -0.325 e. The van der Waals surface area contributed by atoms with E-state index in [9.17, 15) is 9.59 Å². The number of thioether (sulfide) groups is 1. The van der Waals surface area contributed by atoms with E-state index < -0.39 is 0 Å². The number of fused-ring (bicyclic) bond motifs is 1. The highest BCUT2D eigenvalue weighted by Crippen LogP contribution is 2.29. The van der Waals surface area contributed by atoms with Crippen molar-refractivity contribution in [2.45, 2.75) is 58.0 Å². The molecule has 0 fully saturated rings. The number of aromatic nitrogens is 3. The molecule has 0 radical (unpaired) electrons. The zero-order chi connectivity index (χ0) is 22.7. The third-order valence-corrected chi connectivity index (χ3v) is 6.80. The number of benzene rings is 1. The lowest BCUT2D eigenvalue weighted by Gasteiger charge is -2.22. The summed E-state index contributed by atoms with van der Waals surface area (Å²) in [5, 5.41) is 3.72. The molecular weight excluding hydrogens is 420 g/mol. The second-order valence-corrected chi connectivity index (χ2v) is 9.31. The second kappa shape index (κ2) is 9.69. The van der Waals surface area contributed by atoms with Gasteiger partial charge in [-0.05, 0) is 69.7 Å². The van der Waals surface area contributed by atoms with Crippen molar-refractivity contribution in [1.29, 1.82) is 0 Å². The number of nitrogens with zero attached hydrogens (tertiary/aromatic N) is 3. The summed E-state index contributed by atoms with van der Waals surface area (Å²) in [5.74, 6) is 0.129. The van der Waals surface area contributed by atoms with Crippen molar-refractivity contribution in [3.8, 4) is 0 Å². The molecule has 1 aromatic carbocycles. The van der Waals surface area contributed by atoms with Crippen LogP contribution in [0.5, 0.6) is 0 Å². The van der Waals surface area contributed by atoms with E-state index in [0.717, 1.165) is 59.4 Å². The summed E-state index contributed by atoms with van der Waals surface area (Å²) in [6.07, 6.45) is 5.58. The maximum absolute atomic E-state index is 12.9. The van der Waals surface area contributed by atoms with Gasteiger partial charge in [0.1, 0.15) is 5.03 Å². The number of nitrogens with one attached hydrogen (secondary N) is 1. The predicted molar refractivity (Wildman–Crippen MR) is 128 cm³/mol. The molecule has 1 amide bonds. The molecule has 0 unspecified atom stereocenters. The highest BCUT2D eigenvalue weighted by Gasteiger charge is 2.21. The number of pyridine rings is 1. The largest absolute Gasteiger partial charge is 0.349 e. The molecule has 6 nitrogen and oxygen atoms in total. The van der Waals surface area contributed by atoms with Gasteiger partial charge in [-0.15, -0.1) is 0 Å². The lowest BCUT2D eigenvalue weighted by molar-refractivity contribution is -0.113. The van der Waals surface area contributed by atoms with Crippen molar-refractivity contribution in [3.05, 3.63) is 80.7 Å². The molecule has 32 heavy (non-hydrogen) atoms. The van der Waals surface area contributed by atoms with Crippen molar-refractivity contribution in [3.63, 3.8) is 0 Å².